The number of likely N-dealkylation sites (tertiary alicyclic amines) is 1. The van der Waals surface area contributed by atoms with E-state index in [-0.39, 0.29) is 36.8 Å². The number of nitrogens with zero attached hydrogens (tertiary/aromatic N) is 2. The molecule has 8 heteroatoms. The molecule has 1 atom stereocenters. The Morgan fingerprint density at radius 3 is 2.91 bits per heavy atom. The second-order valence-electron chi connectivity index (χ2n) is 5.11. The fraction of sp³-hybridized carbons (Fsp3) is 0.429. The van der Waals surface area contributed by atoms with E-state index in [9.17, 15) is 4.79 Å². The molecule has 2 heterocycles. The van der Waals surface area contributed by atoms with Crippen LogP contribution in [-0.2, 0) is 11.2 Å². The third-order valence-electron chi connectivity index (χ3n) is 3.52. The Bertz CT molecular complexity index is 652. The number of carbonyl (C=O) groups excluding carboxylic acids is 1. The molecule has 4 nitrogen and oxygen atoms in total. The molecule has 0 spiro atoms. The van der Waals surface area contributed by atoms with Gasteiger partial charge in [-0.25, -0.2) is 4.98 Å². The third-order valence-corrected chi connectivity index (χ3v) is 5.11. The maximum absolute atomic E-state index is 12.1. The number of rotatable bonds is 3. The lowest BCUT2D eigenvalue weighted by Crippen LogP contribution is -2.31. The molecular weight excluding hydrogens is 409 g/mol. The van der Waals surface area contributed by atoms with E-state index in [1.54, 1.807) is 11.3 Å². The highest BCUT2D eigenvalue weighted by molar-refractivity contribution is 9.10. The summed E-state index contributed by atoms with van der Waals surface area (Å²) in [5.41, 5.74) is 6.82. The number of amides is 1. The monoisotopic (exact) mass is 425 g/mol. The maximum atomic E-state index is 12.1. The fourth-order valence-electron chi connectivity index (χ4n) is 2.44. The molecule has 0 bridgehead atoms. The minimum atomic E-state index is 0. The molecule has 0 unspecified atom stereocenters. The molecule has 22 heavy (non-hydrogen) atoms. The summed E-state index contributed by atoms with van der Waals surface area (Å²) in [5, 5.41) is 1.02. The SMILES string of the molecule is Cl.Cl.N[C@H]1CCN(C(=O)CCc2nc3cc(Br)ccc3s2)C1. The van der Waals surface area contributed by atoms with Crippen LogP contribution in [0.15, 0.2) is 22.7 Å². The summed E-state index contributed by atoms with van der Waals surface area (Å²) in [7, 11) is 0. The van der Waals surface area contributed by atoms with Crippen LogP contribution in [0.4, 0.5) is 0 Å². The van der Waals surface area contributed by atoms with Crippen molar-refractivity contribution in [3.05, 3.63) is 27.7 Å². The Morgan fingerprint density at radius 1 is 1.45 bits per heavy atom. The molecule has 0 aliphatic carbocycles. The maximum Gasteiger partial charge on any atom is 0.223 e. The van der Waals surface area contributed by atoms with E-state index in [1.165, 1.54) is 4.70 Å². The second-order valence-corrected chi connectivity index (χ2v) is 7.14. The van der Waals surface area contributed by atoms with Crippen molar-refractivity contribution in [3.63, 3.8) is 0 Å². The van der Waals surface area contributed by atoms with Crippen LogP contribution in [-0.4, -0.2) is 34.9 Å². The van der Waals surface area contributed by atoms with E-state index >= 15 is 0 Å². The van der Waals surface area contributed by atoms with Crippen molar-refractivity contribution in [2.75, 3.05) is 13.1 Å². The number of nitrogens with two attached hydrogens (primary N) is 1. The van der Waals surface area contributed by atoms with E-state index < -0.39 is 0 Å². The number of thiazole rings is 1. The van der Waals surface area contributed by atoms with Gasteiger partial charge in [-0.05, 0) is 24.6 Å². The molecule has 0 radical (unpaired) electrons. The van der Waals surface area contributed by atoms with Gasteiger partial charge in [-0.1, -0.05) is 15.9 Å². The van der Waals surface area contributed by atoms with Gasteiger partial charge in [0.2, 0.25) is 5.91 Å². The molecule has 1 aliphatic rings. The highest BCUT2D eigenvalue weighted by Gasteiger charge is 2.23. The lowest BCUT2D eigenvalue weighted by Gasteiger charge is -2.14. The number of carbonyl (C=O) groups is 1. The van der Waals surface area contributed by atoms with Crippen LogP contribution >= 0.6 is 52.1 Å². The van der Waals surface area contributed by atoms with Gasteiger partial charge in [-0.3, -0.25) is 4.79 Å². The van der Waals surface area contributed by atoms with Gasteiger partial charge in [-0.15, -0.1) is 36.2 Å². The number of fused-ring (bicyclic) bond motifs is 1. The van der Waals surface area contributed by atoms with Gasteiger partial charge in [0, 0.05) is 36.4 Å². The first-order valence-electron chi connectivity index (χ1n) is 6.70. The molecule has 0 saturated carbocycles. The van der Waals surface area contributed by atoms with E-state index in [0.717, 1.165) is 28.0 Å². The van der Waals surface area contributed by atoms with Crippen LogP contribution in [0.1, 0.15) is 17.8 Å². The van der Waals surface area contributed by atoms with Crippen molar-refractivity contribution >= 4 is 68.2 Å². The summed E-state index contributed by atoms with van der Waals surface area (Å²) < 4.78 is 2.20. The number of aryl methyl sites for hydroxylation is 1. The Morgan fingerprint density at radius 2 is 2.23 bits per heavy atom. The van der Waals surface area contributed by atoms with E-state index in [0.29, 0.717) is 19.4 Å². The van der Waals surface area contributed by atoms with Crippen LogP contribution in [0.3, 0.4) is 0 Å². The zero-order valence-electron chi connectivity index (χ0n) is 11.8. The predicted octanol–water partition coefficient (Wildman–Crippen LogP) is 3.39. The molecule has 1 aromatic carbocycles. The third kappa shape index (κ3) is 4.55. The number of halogens is 3. The summed E-state index contributed by atoms with van der Waals surface area (Å²) in [6.45, 7) is 1.50. The fourth-order valence-corrected chi connectivity index (χ4v) is 3.74. The van der Waals surface area contributed by atoms with Crippen LogP contribution in [0.5, 0.6) is 0 Å². The Kier molecular flexibility index (Phi) is 7.55. The Hall–Kier alpha value is -0.400. The first-order valence-corrected chi connectivity index (χ1v) is 8.31. The molecule has 1 aliphatic heterocycles. The second kappa shape index (κ2) is 8.45. The van der Waals surface area contributed by atoms with E-state index in [4.69, 9.17) is 5.73 Å². The highest BCUT2D eigenvalue weighted by Crippen LogP contribution is 2.26. The van der Waals surface area contributed by atoms with E-state index in [2.05, 4.69) is 27.0 Å². The number of hydrogen-bond acceptors (Lipinski definition) is 4. The summed E-state index contributed by atoms with van der Waals surface area (Å²) in [5.74, 6) is 0.193. The number of benzene rings is 1. The standard InChI is InChI=1S/C14H16BrN3OS.2ClH/c15-9-1-2-12-11(7-9)17-13(20-12)3-4-14(19)18-6-5-10(16)8-18;;/h1-2,7,10H,3-6,8,16H2;2*1H/t10-;;/m0../s1. The van der Waals surface area contributed by atoms with Gasteiger partial charge >= 0.3 is 0 Å². The molecule has 1 fully saturated rings. The van der Waals surface area contributed by atoms with Gasteiger partial charge < -0.3 is 10.6 Å². The first kappa shape index (κ1) is 19.6. The molecule has 2 aromatic rings. The normalized spacial score (nSPS) is 17.2. The summed E-state index contributed by atoms with van der Waals surface area (Å²) in [4.78, 5) is 18.5. The van der Waals surface area contributed by atoms with Crippen molar-refractivity contribution < 1.29 is 4.79 Å². The van der Waals surface area contributed by atoms with Gasteiger partial charge in [0.05, 0.1) is 15.2 Å². The van der Waals surface area contributed by atoms with Crippen LogP contribution in [0.2, 0.25) is 0 Å². The lowest BCUT2D eigenvalue weighted by molar-refractivity contribution is -0.130. The van der Waals surface area contributed by atoms with Crippen molar-refractivity contribution in [2.24, 2.45) is 5.73 Å². The van der Waals surface area contributed by atoms with Crippen LogP contribution in [0.25, 0.3) is 10.2 Å². The molecule has 3 rings (SSSR count). The minimum absolute atomic E-state index is 0. The Labute approximate surface area is 154 Å². The molecule has 122 valence electrons. The Balaban J connectivity index is 0.00000121. The minimum Gasteiger partial charge on any atom is -0.341 e. The van der Waals surface area contributed by atoms with Crippen molar-refractivity contribution in [2.45, 2.75) is 25.3 Å². The zero-order chi connectivity index (χ0) is 14.1. The van der Waals surface area contributed by atoms with Crippen molar-refractivity contribution in [1.29, 1.82) is 0 Å². The van der Waals surface area contributed by atoms with Gasteiger partial charge in [-0.2, -0.15) is 0 Å². The summed E-state index contributed by atoms with van der Waals surface area (Å²) in [6.07, 6.45) is 2.15. The van der Waals surface area contributed by atoms with Crippen molar-refractivity contribution in [3.8, 4) is 0 Å². The summed E-state index contributed by atoms with van der Waals surface area (Å²) >= 11 is 5.11. The molecule has 1 amide bonds. The topological polar surface area (TPSA) is 59.2 Å². The van der Waals surface area contributed by atoms with E-state index in [1.807, 2.05) is 17.0 Å². The van der Waals surface area contributed by atoms with Gasteiger partial charge in [0.1, 0.15) is 0 Å². The predicted molar refractivity (Wildman–Crippen MR) is 99.3 cm³/mol. The molecule has 1 aromatic heterocycles. The lowest BCUT2D eigenvalue weighted by atomic mass is 10.3. The smallest absolute Gasteiger partial charge is 0.223 e. The average Bonchev–Trinajstić information content (AvgIpc) is 3.01. The zero-order valence-corrected chi connectivity index (χ0v) is 15.9. The quantitative estimate of drug-likeness (QED) is 0.817. The average molecular weight is 427 g/mol. The molecule has 1 saturated heterocycles. The first-order chi connectivity index (χ1) is 9.61. The highest BCUT2D eigenvalue weighted by atomic mass is 79.9. The largest absolute Gasteiger partial charge is 0.341 e. The molecule has 2 N–H and O–H groups in total. The van der Waals surface area contributed by atoms with Gasteiger partial charge in [0.25, 0.3) is 0 Å². The van der Waals surface area contributed by atoms with Gasteiger partial charge in [0.15, 0.2) is 0 Å². The molecular formula is C14H18BrCl2N3OS. The number of aromatic nitrogens is 1. The number of hydrogen-bond donors (Lipinski definition) is 1. The van der Waals surface area contributed by atoms with Crippen LogP contribution < -0.4 is 5.73 Å². The van der Waals surface area contributed by atoms with Crippen molar-refractivity contribution in [1.82, 2.24) is 9.88 Å². The van der Waals surface area contributed by atoms with Crippen LogP contribution in [0, 0.1) is 0 Å². The summed E-state index contributed by atoms with van der Waals surface area (Å²) in [6, 6.07) is 6.23.